The maximum Gasteiger partial charge on any atom is 0.253 e. The molecular formula is C35H51N5O4. The SMILES string of the molecule is CCc1c(N(CC)C2CCOCC2)cc2oc(CN3CCN(CC(C)C)CC3)cc2c1C(=O)NCc1c(C)cc(C)[nH]c1=O. The fourth-order valence-corrected chi connectivity index (χ4v) is 7.06. The van der Waals surface area contributed by atoms with E-state index >= 15 is 0 Å². The number of ether oxygens (including phenoxy) is 1. The number of fused-ring (bicyclic) bond motifs is 1. The van der Waals surface area contributed by atoms with E-state index in [9.17, 15) is 9.59 Å². The molecule has 4 heterocycles. The second-order valence-corrected chi connectivity index (χ2v) is 13.0. The Morgan fingerprint density at radius 1 is 1.05 bits per heavy atom. The van der Waals surface area contributed by atoms with E-state index in [-0.39, 0.29) is 18.0 Å². The lowest BCUT2D eigenvalue weighted by atomic mass is 9.95. The number of aromatic amines is 1. The topological polar surface area (TPSA) is 94.1 Å². The zero-order valence-corrected chi connectivity index (χ0v) is 27.6. The maximum absolute atomic E-state index is 14.1. The first-order valence-corrected chi connectivity index (χ1v) is 16.5. The zero-order valence-electron chi connectivity index (χ0n) is 27.6. The summed E-state index contributed by atoms with van der Waals surface area (Å²) in [5.41, 5.74) is 5.58. The lowest BCUT2D eigenvalue weighted by molar-refractivity contribution is 0.0845. The van der Waals surface area contributed by atoms with Crippen molar-refractivity contribution in [3.63, 3.8) is 0 Å². The minimum absolute atomic E-state index is 0.159. The number of piperazine rings is 1. The van der Waals surface area contributed by atoms with E-state index in [1.165, 1.54) is 0 Å². The van der Waals surface area contributed by atoms with Crippen LogP contribution < -0.4 is 15.8 Å². The summed E-state index contributed by atoms with van der Waals surface area (Å²) in [4.78, 5) is 37.2. The third-order valence-corrected chi connectivity index (χ3v) is 9.21. The molecule has 0 radical (unpaired) electrons. The summed E-state index contributed by atoms with van der Waals surface area (Å²) >= 11 is 0. The van der Waals surface area contributed by atoms with Gasteiger partial charge in [0.25, 0.3) is 11.5 Å². The van der Waals surface area contributed by atoms with Gasteiger partial charge in [-0.15, -0.1) is 0 Å². The molecule has 0 bridgehead atoms. The molecule has 1 amide bonds. The Morgan fingerprint density at radius 2 is 1.75 bits per heavy atom. The van der Waals surface area contributed by atoms with Gasteiger partial charge in [-0.25, -0.2) is 0 Å². The van der Waals surface area contributed by atoms with Crippen molar-refractivity contribution in [2.45, 2.75) is 79.9 Å². The molecule has 2 fully saturated rings. The summed E-state index contributed by atoms with van der Waals surface area (Å²) in [6.45, 7) is 21.1. The lowest BCUT2D eigenvalue weighted by Crippen LogP contribution is -2.46. The highest BCUT2D eigenvalue weighted by Gasteiger charge is 2.28. The maximum atomic E-state index is 14.1. The lowest BCUT2D eigenvalue weighted by Gasteiger charge is -2.37. The molecular weight excluding hydrogens is 554 g/mol. The van der Waals surface area contributed by atoms with E-state index in [2.05, 4.69) is 64.8 Å². The van der Waals surface area contributed by atoms with Crippen molar-refractivity contribution < 1.29 is 13.9 Å². The Balaban J connectivity index is 1.49. The minimum atomic E-state index is -0.175. The van der Waals surface area contributed by atoms with Gasteiger partial charge in [0.15, 0.2) is 0 Å². The normalized spacial score (nSPS) is 17.1. The Bertz CT molecular complexity index is 1490. The van der Waals surface area contributed by atoms with Crippen LogP contribution in [0.3, 0.4) is 0 Å². The molecule has 0 aliphatic carbocycles. The number of hydrogen-bond donors (Lipinski definition) is 2. The van der Waals surface area contributed by atoms with Gasteiger partial charge in [-0.1, -0.05) is 20.8 Å². The number of amides is 1. The number of anilines is 1. The van der Waals surface area contributed by atoms with Gasteiger partial charge in [-0.2, -0.15) is 0 Å². The molecule has 9 heteroatoms. The molecule has 1 aromatic carbocycles. The molecule has 2 aliphatic rings. The van der Waals surface area contributed by atoms with E-state index < -0.39 is 0 Å². The molecule has 240 valence electrons. The van der Waals surface area contributed by atoms with Crippen molar-refractivity contribution in [2.75, 3.05) is 57.4 Å². The van der Waals surface area contributed by atoms with Crippen LogP contribution in [0.1, 0.15) is 79.0 Å². The van der Waals surface area contributed by atoms with Crippen LogP contribution in [0.15, 0.2) is 27.4 Å². The van der Waals surface area contributed by atoms with Crippen LogP contribution in [0.2, 0.25) is 0 Å². The number of carbonyl (C=O) groups excluding carboxylic acids is 1. The van der Waals surface area contributed by atoms with Crippen LogP contribution >= 0.6 is 0 Å². The van der Waals surface area contributed by atoms with Gasteiger partial charge in [-0.3, -0.25) is 14.5 Å². The van der Waals surface area contributed by atoms with E-state index in [1.807, 2.05) is 19.9 Å². The first kappa shape index (κ1) is 32.3. The third kappa shape index (κ3) is 7.22. The quantitative estimate of drug-likeness (QED) is 0.317. The first-order valence-electron chi connectivity index (χ1n) is 16.5. The monoisotopic (exact) mass is 605 g/mol. The Labute approximate surface area is 261 Å². The molecule has 2 aromatic heterocycles. The van der Waals surface area contributed by atoms with Crippen LogP contribution in [0, 0.1) is 19.8 Å². The summed E-state index contributed by atoms with van der Waals surface area (Å²) in [7, 11) is 0. The van der Waals surface area contributed by atoms with Crippen molar-refractivity contribution in [1.82, 2.24) is 20.1 Å². The van der Waals surface area contributed by atoms with Crippen molar-refractivity contribution in [2.24, 2.45) is 5.92 Å². The number of pyridine rings is 1. The Morgan fingerprint density at radius 3 is 2.39 bits per heavy atom. The fourth-order valence-electron chi connectivity index (χ4n) is 7.06. The number of aryl methyl sites for hydroxylation is 2. The Hall–Kier alpha value is -3.14. The molecule has 0 unspecified atom stereocenters. The number of nitrogens with one attached hydrogen (secondary N) is 2. The number of hydrogen-bond acceptors (Lipinski definition) is 7. The van der Waals surface area contributed by atoms with Crippen LogP contribution in [0.5, 0.6) is 0 Å². The largest absolute Gasteiger partial charge is 0.460 e. The molecule has 2 aliphatic heterocycles. The van der Waals surface area contributed by atoms with Crippen molar-refractivity contribution in [1.29, 1.82) is 0 Å². The fraction of sp³-hybridized carbons (Fsp3) is 0.600. The minimum Gasteiger partial charge on any atom is -0.460 e. The smallest absolute Gasteiger partial charge is 0.253 e. The van der Waals surface area contributed by atoms with E-state index in [0.29, 0.717) is 29.5 Å². The van der Waals surface area contributed by atoms with Crippen molar-refractivity contribution in [3.8, 4) is 0 Å². The average Bonchev–Trinajstić information content (AvgIpc) is 3.39. The summed E-state index contributed by atoms with van der Waals surface area (Å²) in [6.07, 6.45) is 2.62. The highest BCUT2D eigenvalue weighted by atomic mass is 16.5. The van der Waals surface area contributed by atoms with E-state index in [1.54, 1.807) is 0 Å². The predicted molar refractivity (Wildman–Crippen MR) is 177 cm³/mol. The van der Waals surface area contributed by atoms with Gasteiger partial charge in [0.1, 0.15) is 11.3 Å². The number of nitrogens with zero attached hydrogens (tertiary/aromatic N) is 3. The van der Waals surface area contributed by atoms with Crippen LogP contribution in [0.4, 0.5) is 5.69 Å². The second kappa shape index (κ2) is 14.3. The highest BCUT2D eigenvalue weighted by Crippen LogP contribution is 2.37. The number of benzene rings is 1. The summed E-state index contributed by atoms with van der Waals surface area (Å²) < 4.78 is 12.2. The van der Waals surface area contributed by atoms with Gasteiger partial charge in [-0.05, 0) is 69.2 Å². The van der Waals surface area contributed by atoms with Gasteiger partial charge in [0.2, 0.25) is 0 Å². The summed E-state index contributed by atoms with van der Waals surface area (Å²) in [5.74, 6) is 1.37. The molecule has 0 atom stereocenters. The van der Waals surface area contributed by atoms with Gasteiger partial charge < -0.3 is 29.3 Å². The molecule has 5 rings (SSSR count). The predicted octanol–water partition coefficient (Wildman–Crippen LogP) is 5.01. The first-order chi connectivity index (χ1) is 21.2. The molecule has 3 aromatic rings. The molecule has 44 heavy (non-hydrogen) atoms. The standard InChI is InChI=1S/C35H51N5O4/c1-7-28-31(40(8-2)26-9-15-43-16-10-26)19-32-29(18-27(44-32)22-39-13-11-38(12-14-39)21-23(3)4)33(28)35(42)36-20-30-24(5)17-25(6)37-34(30)41/h17-19,23,26H,7-16,20-22H2,1-6H3,(H,36,42)(H,37,41). The number of carbonyl (C=O) groups is 1. The molecule has 2 N–H and O–H groups in total. The van der Waals surface area contributed by atoms with Crippen molar-refractivity contribution in [3.05, 3.63) is 62.3 Å². The summed E-state index contributed by atoms with van der Waals surface area (Å²) in [6, 6.07) is 6.51. The van der Waals surface area contributed by atoms with Crippen LogP contribution in [-0.2, 0) is 24.2 Å². The third-order valence-electron chi connectivity index (χ3n) is 9.21. The molecule has 0 saturated carbocycles. The van der Waals surface area contributed by atoms with Gasteiger partial charge in [0, 0.05) is 93.5 Å². The van der Waals surface area contributed by atoms with E-state index in [4.69, 9.17) is 9.15 Å². The zero-order chi connectivity index (χ0) is 31.4. The van der Waals surface area contributed by atoms with E-state index in [0.717, 1.165) is 111 Å². The van der Waals surface area contributed by atoms with Crippen LogP contribution in [-0.4, -0.2) is 79.2 Å². The number of aromatic nitrogens is 1. The number of furan rings is 1. The Kier molecular flexibility index (Phi) is 10.5. The molecule has 9 nitrogen and oxygen atoms in total. The van der Waals surface area contributed by atoms with Gasteiger partial charge >= 0.3 is 0 Å². The van der Waals surface area contributed by atoms with Crippen LogP contribution in [0.25, 0.3) is 11.0 Å². The number of H-pyrrole nitrogens is 1. The molecule has 2 saturated heterocycles. The van der Waals surface area contributed by atoms with Crippen molar-refractivity contribution >= 4 is 22.6 Å². The second-order valence-electron chi connectivity index (χ2n) is 13.0. The number of rotatable bonds is 11. The van der Waals surface area contributed by atoms with Gasteiger partial charge in [0.05, 0.1) is 12.1 Å². The highest BCUT2D eigenvalue weighted by molar-refractivity contribution is 6.09. The molecule has 0 spiro atoms. The summed E-state index contributed by atoms with van der Waals surface area (Å²) in [5, 5.41) is 3.94. The average molecular weight is 606 g/mol.